The summed E-state index contributed by atoms with van der Waals surface area (Å²) in [6.07, 6.45) is 3.29. The maximum atomic E-state index is 4.63. The Morgan fingerprint density at radius 1 is 1.04 bits per heavy atom. The minimum atomic E-state index is 0.700. The Hall–Kier alpha value is -2.47. The van der Waals surface area contributed by atoms with E-state index in [1.165, 1.54) is 31.5 Å². The van der Waals surface area contributed by atoms with Crippen LogP contribution < -0.4 is 5.32 Å². The minimum Gasteiger partial charge on any atom is -0.368 e. The highest BCUT2D eigenvalue weighted by Gasteiger charge is 2.19. The fourth-order valence-electron chi connectivity index (χ4n) is 3.59. The van der Waals surface area contributed by atoms with Crippen LogP contribution in [0.25, 0.3) is 5.65 Å². The second-order valence-electron chi connectivity index (χ2n) is 7.04. The van der Waals surface area contributed by atoms with E-state index in [4.69, 9.17) is 0 Å². The van der Waals surface area contributed by atoms with E-state index in [0.29, 0.717) is 5.92 Å². The molecule has 0 aliphatic carbocycles. The Morgan fingerprint density at radius 2 is 1.85 bits per heavy atom. The van der Waals surface area contributed by atoms with Gasteiger partial charge in [-0.05, 0) is 49.5 Å². The van der Waals surface area contributed by atoms with Crippen LogP contribution in [0.3, 0.4) is 0 Å². The third-order valence-corrected chi connectivity index (χ3v) is 5.17. The summed E-state index contributed by atoms with van der Waals surface area (Å²) in [5.41, 5.74) is 2.21. The summed E-state index contributed by atoms with van der Waals surface area (Å²) >= 11 is 0. The summed E-state index contributed by atoms with van der Waals surface area (Å²) in [6.45, 7) is 6.44. The first kappa shape index (κ1) is 17.0. The highest BCUT2D eigenvalue weighted by atomic mass is 15.4. The van der Waals surface area contributed by atoms with E-state index < -0.39 is 0 Å². The summed E-state index contributed by atoms with van der Waals surface area (Å²) in [5, 5.41) is 16.4. The first-order valence-electron chi connectivity index (χ1n) is 9.53. The van der Waals surface area contributed by atoms with Gasteiger partial charge in [-0.2, -0.15) is 4.52 Å². The Balaban J connectivity index is 1.28. The van der Waals surface area contributed by atoms with Crippen molar-refractivity contribution in [3.63, 3.8) is 0 Å². The highest BCUT2D eigenvalue weighted by Crippen LogP contribution is 2.19. The predicted octanol–water partition coefficient (Wildman–Crippen LogP) is 3.01. The van der Waals surface area contributed by atoms with E-state index in [9.17, 15) is 0 Å². The van der Waals surface area contributed by atoms with Gasteiger partial charge in [0.2, 0.25) is 0 Å². The molecule has 1 saturated heterocycles. The van der Waals surface area contributed by atoms with Crippen molar-refractivity contribution in [1.29, 1.82) is 0 Å². The molecule has 3 heterocycles. The van der Waals surface area contributed by atoms with Gasteiger partial charge in [0, 0.05) is 19.5 Å². The molecule has 1 fully saturated rings. The Labute approximate surface area is 154 Å². The average Bonchev–Trinajstić information content (AvgIpc) is 3.10. The van der Waals surface area contributed by atoms with Crippen LogP contribution in [0.1, 0.15) is 31.2 Å². The first-order valence-corrected chi connectivity index (χ1v) is 9.53. The van der Waals surface area contributed by atoms with E-state index in [1.54, 1.807) is 0 Å². The normalized spacial score (nSPS) is 16.2. The van der Waals surface area contributed by atoms with Crippen LogP contribution in [0.2, 0.25) is 0 Å². The van der Waals surface area contributed by atoms with Crippen LogP contribution in [-0.4, -0.2) is 44.3 Å². The number of anilines is 1. The summed E-state index contributed by atoms with van der Waals surface area (Å²) in [6, 6.07) is 14.7. The summed E-state index contributed by atoms with van der Waals surface area (Å²) in [7, 11) is 0. The number of hydrogen-bond acceptors (Lipinski definition) is 5. The number of likely N-dealkylation sites (tertiary alicyclic amines) is 1. The lowest BCUT2D eigenvalue weighted by molar-refractivity contribution is 0.182. The molecule has 4 rings (SSSR count). The smallest absolute Gasteiger partial charge is 0.178 e. The summed E-state index contributed by atoms with van der Waals surface area (Å²) < 4.78 is 1.84. The lowest BCUT2D eigenvalue weighted by atomic mass is 9.96. The zero-order valence-electron chi connectivity index (χ0n) is 15.3. The monoisotopic (exact) mass is 350 g/mol. The quantitative estimate of drug-likeness (QED) is 0.740. The number of rotatable bonds is 6. The number of benzene rings is 1. The molecule has 1 N–H and O–H groups in total. The molecule has 3 aromatic rings. The van der Waals surface area contributed by atoms with Crippen molar-refractivity contribution in [2.75, 3.05) is 25.0 Å². The van der Waals surface area contributed by atoms with Crippen LogP contribution in [0.5, 0.6) is 0 Å². The number of aryl methyl sites for hydroxylation is 1. The number of fused-ring (bicyclic) bond motifs is 1. The van der Waals surface area contributed by atoms with Crippen LogP contribution >= 0.6 is 0 Å². The van der Waals surface area contributed by atoms with Crippen LogP contribution in [0.15, 0.2) is 42.5 Å². The van der Waals surface area contributed by atoms with Gasteiger partial charge >= 0.3 is 0 Å². The second kappa shape index (κ2) is 7.83. The van der Waals surface area contributed by atoms with Gasteiger partial charge in [-0.15, -0.1) is 15.3 Å². The molecular weight excluding hydrogens is 324 g/mol. The SMILES string of the molecule is CCc1nnc2ccc(NCC3CCN(Cc4ccccc4)CC3)nn12. The molecule has 6 nitrogen and oxygen atoms in total. The molecule has 1 aromatic carbocycles. The van der Waals surface area contributed by atoms with E-state index >= 15 is 0 Å². The number of nitrogens with zero attached hydrogens (tertiary/aromatic N) is 5. The van der Waals surface area contributed by atoms with Crippen molar-refractivity contribution in [3.05, 3.63) is 53.9 Å². The Morgan fingerprint density at radius 3 is 2.62 bits per heavy atom. The summed E-state index contributed by atoms with van der Waals surface area (Å²) in [4.78, 5) is 2.56. The average molecular weight is 350 g/mol. The third kappa shape index (κ3) is 3.85. The number of aromatic nitrogens is 4. The lowest BCUT2D eigenvalue weighted by Crippen LogP contribution is -2.35. The van der Waals surface area contributed by atoms with Crippen molar-refractivity contribution >= 4 is 11.5 Å². The molecule has 1 aliphatic heterocycles. The van der Waals surface area contributed by atoms with E-state index in [2.05, 4.69) is 62.8 Å². The fourth-order valence-corrected chi connectivity index (χ4v) is 3.59. The third-order valence-electron chi connectivity index (χ3n) is 5.17. The maximum Gasteiger partial charge on any atom is 0.178 e. The molecule has 0 bridgehead atoms. The van der Waals surface area contributed by atoms with Gasteiger partial charge in [-0.25, -0.2) is 0 Å². The Bertz CT molecular complexity index is 836. The molecule has 0 saturated carbocycles. The predicted molar refractivity (Wildman–Crippen MR) is 103 cm³/mol. The number of hydrogen-bond donors (Lipinski definition) is 1. The standard InChI is InChI=1S/C20H26N6/c1-2-19-22-23-20-9-8-18(24-26(19)20)21-14-16-10-12-25(13-11-16)15-17-6-4-3-5-7-17/h3-9,16H,2,10-15H2,1H3,(H,21,24). The van der Waals surface area contributed by atoms with Crippen molar-refractivity contribution in [2.45, 2.75) is 32.7 Å². The van der Waals surface area contributed by atoms with Gasteiger partial charge in [0.15, 0.2) is 11.5 Å². The minimum absolute atomic E-state index is 0.700. The molecule has 1 aliphatic rings. The molecule has 136 valence electrons. The molecule has 26 heavy (non-hydrogen) atoms. The largest absolute Gasteiger partial charge is 0.368 e. The molecule has 0 atom stereocenters. The molecule has 0 unspecified atom stereocenters. The molecule has 0 spiro atoms. The van der Waals surface area contributed by atoms with Gasteiger partial charge in [0.25, 0.3) is 0 Å². The number of piperidine rings is 1. The molecular formula is C20H26N6. The number of nitrogens with one attached hydrogen (secondary N) is 1. The summed E-state index contributed by atoms with van der Waals surface area (Å²) in [5.74, 6) is 2.50. The van der Waals surface area contributed by atoms with Gasteiger partial charge in [-0.3, -0.25) is 4.90 Å². The second-order valence-corrected chi connectivity index (χ2v) is 7.04. The lowest BCUT2D eigenvalue weighted by Gasteiger charge is -2.32. The topological polar surface area (TPSA) is 58.4 Å². The van der Waals surface area contributed by atoms with Crippen molar-refractivity contribution in [1.82, 2.24) is 24.7 Å². The molecule has 0 amide bonds. The van der Waals surface area contributed by atoms with Gasteiger partial charge in [0.1, 0.15) is 5.82 Å². The van der Waals surface area contributed by atoms with Crippen LogP contribution in [0, 0.1) is 5.92 Å². The molecule has 2 aromatic heterocycles. The van der Waals surface area contributed by atoms with Gasteiger partial charge in [-0.1, -0.05) is 37.3 Å². The van der Waals surface area contributed by atoms with Crippen molar-refractivity contribution in [2.24, 2.45) is 5.92 Å². The van der Waals surface area contributed by atoms with E-state index in [0.717, 1.165) is 36.8 Å². The first-order chi connectivity index (χ1) is 12.8. The zero-order valence-corrected chi connectivity index (χ0v) is 15.3. The van der Waals surface area contributed by atoms with Gasteiger partial charge in [0.05, 0.1) is 0 Å². The van der Waals surface area contributed by atoms with Crippen LogP contribution in [-0.2, 0) is 13.0 Å². The van der Waals surface area contributed by atoms with Gasteiger partial charge < -0.3 is 5.32 Å². The maximum absolute atomic E-state index is 4.63. The fraction of sp³-hybridized carbons (Fsp3) is 0.450. The zero-order chi connectivity index (χ0) is 17.8. The molecule has 6 heteroatoms. The molecule has 0 radical (unpaired) electrons. The van der Waals surface area contributed by atoms with E-state index in [1.807, 2.05) is 16.6 Å². The Kier molecular flexibility index (Phi) is 5.11. The highest BCUT2D eigenvalue weighted by molar-refractivity contribution is 5.43. The van der Waals surface area contributed by atoms with E-state index in [-0.39, 0.29) is 0 Å². The van der Waals surface area contributed by atoms with Crippen molar-refractivity contribution in [3.8, 4) is 0 Å². The van der Waals surface area contributed by atoms with Crippen molar-refractivity contribution < 1.29 is 0 Å². The van der Waals surface area contributed by atoms with Crippen LogP contribution in [0.4, 0.5) is 5.82 Å².